The minimum Gasteiger partial charge on any atom is -0.469 e. The second-order valence-electron chi connectivity index (χ2n) is 2.95. The summed E-state index contributed by atoms with van der Waals surface area (Å²) < 4.78 is 4.53. The van der Waals surface area contributed by atoms with E-state index in [1.165, 1.54) is 26.4 Å². The monoisotopic (exact) mass is 174 g/mol. The van der Waals surface area contributed by atoms with Crippen LogP contribution >= 0.6 is 0 Å². The van der Waals surface area contributed by atoms with Crippen LogP contribution in [0.5, 0.6) is 0 Å². The van der Waals surface area contributed by atoms with Gasteiger partial charge in [-0.15, -0.1) is 0 Å². The third kappa shape index (κ3) is 7.54. The molecule has 3 heteroatoms. The van der Waals surface area contributed by atoms with E-state index >= 15 is 0 Å². The van der Waals surface area contributed by atoms with Crippen LogP contribution in [0.4, 0.5) is 0 Å². The molecule has 0 saturated heterocycles. The van der Waals surface area contributed by atoms with Crippen LogP contribution in [0.25, 0.3) is 0 Å². The van der Waals surface area contributed by atoms with Gasteiger partial charge in [0, 0.05) is 6.42 Å². The Kier molecular flexibility index (Phi) is 8.12. The lowest BCUT2D eigenvalue weighted by atomic mass is 10.1. The van der Waals surface area contributed by atoms with Gasteiger partial charge in [0.2, 0.25) is 0 Å². The molecule has 3 nitrogen and oxygen atoms in total. The highest BCUT2D eigenvalue weighted by molar-refractivity contribution is 5.68. The number of esters is 1. The van der Waals surface area contributed by atoms with E-state index in [0.717, 1.165) is 19.4 Å². The number of hydrogen-bond acceptors (Lipinski definition) is 2. The summed E-state index contributed by atoms with van der Waals surface area (Å²) in [7, 11) is 1.44. The summed E-state index contributed by atoms with van der Waals surface area (Å²) in [6.45, 7) is 1.02. The van der Waals surface area contributed by atoms with Crippen molar-refractivity contribution >= 4 is 5.97 Å². The fraction of sp³-hybridized carbons (Fsp3) is 0.889. The Morgan fingerprint density at radius 2 is 1.75 bits per heavy atom. The summed E-state index contributed by atoms with van der Waals surface area (Å²) in [5.41, 5.74) is 3.77. The summed E-state index contributed by atoms with van der Waals surface area (Å²) in [6.07, 6.45) is 6.33. The summed E-state index contributed by atoms with van der Waals surface area (Å²) in [6, 6.07) is 0. The van der Waals surface area contributed by atoms with Crippen LogP contribution < -0.4 is 5.73 Å². The van der Waals surface area contributed by atoms with Gasteiger partial charge in [0.05, 0.1) is 13.7 Å². The molecule has 0 rings (SSSR count). The van der Waals surface area contributed by atoms with Crippen molar-refractivity contribution in [2.45, 2.75) is 38.5 Å². The first-order chi connectivity index (χ1) is 5.81. The van der Waals surface area contributed by atoms with Crippen molar-refractivity contribution in [1.82, 2.24) is 0 Å². The SMILES string of the molecule is COC(=O)CCCCCCC[NH3+]. The number of hydrogen-bond donors (Lipinski definition) is 1. The molecular weight excluding hydrogens is 154 g/mol. The maximum Gasteiger partial charge on any atom is 0.305 e. The molecule has 0 aliphatic heterocycles. The molecule has 72 valence electrons. The Labute approximate surface area is 74.3 Å². The molecule has 0 atom stereocenters. The van der Waals surface area contributed by atoms with Crippen molar-refractivity contribution in [3.05, 3.63) is 0 Å². The largest absolute Gasteiger partial charge is 0.469 e. The predicted octanol–water partition coefficient (Wildman–Crippen LogP) is 0.742. The number of carbonyl (C=O) groups is 1. The number of rotatable bonds is 7. The summed E-state index contributed by atoms with van der Waals surface area (Å²) in [5.74, 6) is -0.0906. The topological polar surface area (TPSA) is 53.9 Å². The van der Waals surface area contributed by atoms with Gasteiger partial charge in [-0.05, 0) is 19.3 Å². The Morgan fingerprint density at radius 1 is 1.17 bits per heavy atom. The summed E-state index contributed by atoms with van der Waals surface area (Å²) in [4.78, 5) is 10.7. The van der Waals surface area contributed by atoms with Crippen LogP contribution in [0.1, 0.15) is 38.5 Å². The second-order valence-corrected chi connectivity index (χ2v) is 2.95. The van der Waals surface area contributed by atoms with Crippen LogP contribution in [0.2, 0.25) is 0 Å². The van der Waals surface area contributed by atoms with E-state index in [-0.39, 0.29) is 5.97 Å². The first-order valence-corrected chi connectivity index (χ1v) is 4.67. The maximum absolute atomic E-state index is 10.7. The van der Waals surface area contributed by atoms with Crippen LogP contribution in [-0.4, -0.2) is 19.6 Å². The van der Waals surface area contributed by atoms with Gasteiger partial charge in [-0.2, -0.15) is 0 Å². The van der Waals surface area contributed by atoms with Crippen molar-refractivity contribution in [2.75, 3.05) is 13.7 Å². The lowest BCUT2D eigenvalue weighted by Crippen LogP contribution is -2.50. The maximum atomic E-state index is 10.7. The summed E-state index contributed by atoms with van der Waals surface area (Å²) in [5, 5.41) is 0. The fourth-order valence-corrected chi connectivity index (χ4v) is 1.08. The Morgan fingerprint density at radius 3 is 2.33 bits per heavy atom. The minimum absolute atomic E-state index is 0.0906. The van der Waals surface area contributed by atoms with Crippen LogP contribution in [0.3, 0.4) is 0 Å². The van der Waals surface area contributed by atoms with Crippen molar-refractivity contribution < 1.29 is 15.3 Å². The Bertz CT molecular complexity index is 115. The van der Waals surface area contributed by atoms with Crippen molar-refractivity contribution in [1.29, 1.82) is 0 Å². The molecule has 12 heavy (non-hydrogen) atoms. The molecule has 3 N–H and O–H groups in total. The average Bonchev–Trinajstić information content (AvgIpc) is 2.10. The number of methoxy groups -OCH3 is 1. The lowest BCUT2D eigenvalue weighted by Gasteiger charge is -1.98. The van der Waals surface area contributed by atoms with Crippen LogP contribution in [0.15, 0.2) is 0 Å². The molecule has 0 heterocycles. The number of carbonyl (C=O) groups excluding carboxylic acids is 1. The highest BCUT2D eigenvalue weighted by Crippen LogP contribution is 2.04. The first-order valence-electron chi connectivity index (χ1n) is 4.67. The standard InChI is InChI=1S/C9H19NO2/c1-12-9(11)7-5-3-2-4-6-8-10/h2-8,10H2,1H3/p+1. The molecule has 0 unspecified atom stereocenters. The summed E-state index contributed by atoms with van der Waals surface area (Å²) >= 11 is 0. The van der Waals surface area contributed by atoms with E-state index in [1.54, 1.807) is 0 Å². The van der Waals surface area contributed by atoms with E-state index in [1.807, 2.05) is 0 Å². The third-order valence-corrected chi connectivity index (χ3v) is 1.86. The van der Waals surface area contributed by atoms with Crippen LogP contribution in [0, 0.1) is 0 Å². The molecular formula is C9H20NO2+. The molecule has 0 aliphatic carbocycles. The van der Waals surface area contributed by atoms with Crippen molar-refractivity contribution in [2.24, 2.45) is 0 Å². The van der Waals surface area contributed by atoms with Gasteiger partial charge < -0.3 is 10.5 Å². The Hall–Kier alpha value is -0.570. The van der Waals surface area contributed by atoms with Gasteiger partial charge >= 0.3 is 5.97 Å². The van der Waals surface area contributed by atoms with Gasteiger partial charge in [0.15, 0.2) is 0 Å². The van der Waals surface area contributed by atoms with E-state index in [2.05, 4.69) is 10.5 Å². The van der Waals surface area contributed by atoms with E-state index in [4.69, 9.17) is 0 Å². The minimum atomic E-state index is -0.0906. The zero-order chi connectivity index (χ0) is 9.23. The van der Waals surface area contributed by atoms with Crippen molar-refractivity contribution in [3.63, 3.8) is 0 Å². The Balaban J connectivity index is 2.95. The van der Waals surface area contributed by atoms with Crippen LogP contribution in [-0.2, 0) is 9.53 Å². The molecule has 0 aromatic rings. The highest BCUT2D eigenvalue weighted by atomic mass is 16.5. The number of ether oxygens (including phenoxy) is 1. The molecule has 0 spiro atoms. The van der Waals surface area contributed by atoms with Gasteiger partial charge in [0.1, 0.15) is 0 Å². The molecule has 0 aromatic carbocycles. The lowest BCUT2D eigenvalue weighted by molar-refractivity contribution is -0.368. The normalized spacial score (nSPS) is 9.83. The smallest absolute Gasteiger partial charge is 0.305 e. The van der Waals surface area contributed by atoms with E-state index in [0.29, 0.717) is 6.42 Å². The van der Waals surface area contributed by atoms with E-state index < -0.39 is 0 Å². The zero-order valence-corrected chi connectivity index (χ0v) is 7.97. The molecule has 0 aliphatic rings. The van der Waals surface area contributed by atoms with Gasteiger partial charge in [-0.3, -0.25) is 4.79 Å². The predicted molar refractivity (Wildman–Crippen MR) is 47.5 cm³/mol. The van der Waals surface area contributed by atoms with Gasteiger partial charge in [-0.1, -0.05) is 12.8 Å². The first kappa shape index (κ1) is 11.4. The fourth-order valence-electron chi connectivity index (χ4n) is 1.08. The molecule has 0 bridgehead atoms. The van der Waals surface area contributed by atoms with E-state index in [9.17, 15) is 4.79 Å². The number of unbranched alkanes of at least 4 members (excludes halogenated alkanes) is 4. The molecule has 0 fully saturated rings. The zero-order valence-electron chi connectivity index (χ0n) is 7.97. The number of quaternary nitrogens is 1. The third-order valence-electron chi connectivity index (χ3n) is 1.86. The molecule has 0 radical (unpaired) electrons. The average molecular weight is 174 g/mol. The van der Waals surface area contributed by atoms with Gasteiger partial charge in [-0.25, -0.2) is 0 Å². The van der Waals surface area contributed by atoms with Gasteiger partial charge in [0.25, 0.3) is 0 Å². The molecule has 0 saturated carbocycles. The highest BCUT2D eigenvalue weighted by Gasteiger charge is 1.98. The molecule has 0 aromatic heterocycles. The second kappa shape index (κ2) is 8.53. The quantitative estimate of drug-likeness (QED) is 0.457. The van der Waals surface area contributed by atoms with Crippen molar-refractivity contribution in [3.8, 4) is 0 Å². The molecule has 0 amide bonds.